The van der Waals surface area contributed by atoms with Crippen LogP contribution in [0, 0.1) is 0 Å². The maximum atomic E-state index is 6.02. The van der Waals surface area contributed by atoms with Crippen LogP contribution in [0.5, 0.6) is 11.5 Å². The molecule has 0 unspecified atom stereocenters. The molecule has 3 heteroatoms. The van der Waals surface area contributed by atoms with E-state index in [0.717, 1.165) is 36.9 Å². The minimum Gasteiger partial charge on any atom is -0.494 e. The van der Waals surface area contributed by atoms with Crippen LogP contribution in [-0.2, 0) is 6.42 Å². The van der Waals surface area contributed by atoms with Gasteiger partial charge in [0, 0.05) is 6.42 Å². The number of benzene rings is 5. The third-order valence-corrected chi connectivity index (χ3v) is 11.5. The van der Waals surface area contributed by atoms with Gasteiger partial charge in [-0.3, -0.25) is 0 Å². The summed E-state index contributed by atoms with van der Waals surface area (Å²) in [5, 5.41) is 4.29. The van der Waals surface area contributed by atoms with Crippen molar-refractivity contribution < 1.29 is 9.47 Å². The summed E-state index contributed by atoms with van der Waals surface area (Å²) >= 11 is 0. The smallest absolute Gasteiger partial charge is 0.119 e. The van der Waals surface area contributed by atoms with E-state index in [1.54, 1.807) is 0 Å². The van der Waals surface area contributed by atoms with E-state index in [4.69, 9.17) is 9.47 Å². The number of rotatable bonds is 13. The summed E-state index contributed by atoms with van der Waals surface area (Å²) in [6, 6.07) is 51.9. The molecule has 196 valence electrons. The highest BCUT2D eigenvalue weighted by Gasteiger charge is 2.44. The molecule has 0 aliphatic heterocycles. The zero-order chi connectivity index (χ0) is 26.6. The highest BCUT2D eigenvalue weighted by Crippen LogP contribution is 2.55. The van der Waals surface area contributed by atoms with Crippen LogP contribution < -0.4 is 25.4 Å². The number of unbranched alkanes of at least 4 members (excludes halogenated alkanes) is 1. The largest absolute Gasteiger partial charge is 0.494 e. The molecule has 0 radical (unpaired) electrons. The fourth-order valence-corrected chi connectivity index (χ4v) is 9.34. The lowest BCUT2D eigenvalue weighted by Gasteiger charge is -2.27. The molecule has 0 aliphatic carbocycles. The van der Waals surface area contributed by atoms with E-state index in [1.165, 1.54) is 21.5 Å². The Balaban J connectivity index is 1.24. The molecule has 0 atom stereocenters. The van der Waals surface area contributed by atoms with E-state index in [0.29, 0.717) is 13.2 Å². The second-order valence-electron chi connectivity index (χ2n) is 9.65. The first-order valence-corrected chi connectivity index (χ1v) is 15.8. The molecule has 0 bridgehead atoms. The van der Waals surface area contributed by atoms with Gasteiger partial charge < -0.3 is 9.47 Å². The minimum atomic E-state index is -1.82. The molecule has 5 aromatic rings. The average molecular weight is 532 g/mol. The summed E-state index contributed by atoms with van der Waals surface area (Å²) in [7, 11) is -1.82. The topological polar surface area (TPSA) is 18.5 Å². The van der Waals surface area contributed by atoms with Gasteiger partial charge in [-0.05, 0) is 79.1 Å². The Hall–Kier alpha value is -3.87. The fraction of sp³-hybridized carbons (Fsp3) is 0.167. The first-order chi connectivity index (χ1) is 19.3. The molecule has 39 heavy (non-hydrogen) atoms. The molecule has 0 saturated heterocycles. The zero-order valence-corrected chi connectivity index (χ0v) is 23.3. The Kier molecular flexibility index (Phi) is 9.45. The molecule has 5 aromatic carbocycles. The molecule has 0 N–H and O–H groups in total. The second-order valence-corrected chi connectivity index (χ2v) is 13.3. The van der Waals surface area contributed by atoms with E-state index in [-0.39, 0.29) is 0 Å². The van der Waals surface area contributed by atoms with Crippen molar-refractivity contribution in [2.45, 2.75) is 19.3 Å². The van der Waals surface area contributed by atoms with E-state index in [1.807, 2.05) is 30.3 Å². The Morgan fingerprint density at radius 1 is 0.410 bits per heavy atom. The minimum absolute atomic E-state index is 0.697. The number of hydrogen-bond acceptors (Lipinski definition) is 2. The van der Waals surface area contributed by atoms with Gasteiger partial charge in [0.15, 0.2) is 0 Å². The molecular weight excluding hydrogens is 495 g/mol. The fourth-order valence-electron chi connectivity index (χ4n) is 5.03. The van der Waals surface area contributed by atoms with E-state index >= 15 is 0 Å². The molecule has 0 aromatic heterocycles. The zero-order valence-electron chi connectivity index (χ0n) is 22.4. The molecule has 5 rings (SSSR count). The number of para-hydroxylation sites is 1. The number of aryl methyl sites for hydroxylation is 1. The van der Waals surface area contributed by atoms with Crippen molar-refractivity contribution in [1.82, 2.24) is 0 Å². The Bertz CT molecular complexity index is 1280. The normalized spacial score (nSPS) is 11.2. The first-order valence-electron chi connectivity index (χ1n) is 13.8. The first kappa shape index (κ1) is 26.7. The van der Waals surface area contributed by atoms with Crippen molar-refractivity contribution >= 4 is 23.2 Å². The molecule has 0 heterocycles. The molecule has 0 fully saturated rings. The molecule has 0 amide bonds. The molecule has 0 spiro atoms. The van der Waals surface area contributed by atoms with Crippen LogP contribution >= 0.6 is 7.26 Å². The highest BCUT2D eigenvalue weighted by molar-refractivity contribution is 7.95. The summed E-state index contributed by atoms with van der Waals surface area (Å²) in [4.78, 5) is 0. The van der Waals surface area contributed by atoms with Crippen LogP contribution in [0.2, 0.25) is 0 Å². The second kappa shape index (κ2) is 13.8. The number of hydrogen-bond donors (Lipinski definition) is 0. The quantitative estimate of drug-likeness (QED) is 0.116. The lowest BCUT2D eigenvalue weighted by molar-refractivity contribution is 0.266. The monoisotopic (exact) mass is 531 g/mol. The van der Waals surface area contributed by atoms with Gasteiger partial charge in [-0.2, -0.15) is 0 Å². The van der Waals surface area contributed by atoms with Gasteiger partial charge in [0.05, 0.1) is 19.4 Å². The van der Waals surface area contributed by atoms with Crippen molar-refractivity contribution in [3.8, 4) is 11.5 Å². The van der Waals surface area contributed by atoms with Gasteiger partial charge in [-0.15, -0.1) is 0 Å². The Morgan fingerprint density at radius 3 is 1.23 bits per heavy atom. The third-order valence-electron chi connectivity index (χ3n) is 7.07. The van der Waals surface area contributed by atoms with Gasteiger partial charge in [-0.25, -0.2) is 0 Å². The number of ether oxygens (including phenoxy) is 2. The van der Waals surface area contributed by atoms with Crippen molar-refractivity contribution in [3.63, 3.8) is 0 Å². The van der Waals surface area contributed by atoms with Crippen molar-refractivity contribution in [1.29, 1.82) is 0 Å². The van der Waals surface area contributed by atoms with Crippen LogP contribution in [0.25, 0.3) is 0 Å². The maximum Gasteiger partial charge on any atom is 0.119 e. The summed E-state index contributed by atoms with van der Waals surface area (Å²) in [5.74, 6) is 1.85. The van der Waals surface area contributed by atoms with Crippen LogP contribution in [-0.4, -0.2) is 19.4 Å². The Morgan fingerprint density at radius 2 is 0.795 bits per heavy atom. The lowest BCUT2D eigenvalue weighted by Crippen LogP contribution is -2.34. The van der Waals surface area contributed by atoms with Crippen LogP contribution in [0.1, 0.15) is 18.4 Å². The van der Waals surface area contributed by atoms with Crippen molar-refractivity contribution in [2.75, 3.05) is 19.4 Å². The van der Waals surface area contributed by atoms with Crippen LogP contribution in [0.3, 0.4) is 0 Å². The van der Waals surface area contributed by atoms with E-state index < -0.39 is 7.26 Å². The van der Waals surface area contributed by atoms with Gasteiger partial charge in [0.1, 0.15) is 34.7 Å². The summed E-state index contributed by atoms with van der Waals surface area (Å²) in [6.07, 6.45) is 4.01. The summed E-state index contributed by atoms with van der Waals surface area (Å²) in [5.41, 5.74) is 1.34. The molecular formula is C36H36O2P+. The van der Waals surface area contributed by atoms with Gasteiger partial charge in [0.2, 0.25) is 0 Å². The van der Waals surface area contributed by atoms with Gasteiger partial charge >= 0.3 is 0 Å². The Labute approximate surface area is 233 Å². The highest BCUT2D eigenvalue weighted by atomic mass is 31.2. The summed E-state index contributed by atoms with van der Waals surface area (Å²) in [6.45, 7) is 1.41. The summed E-state index contributed by atoms with van der Waals surface area (Å²) < 4.78 is 11.8. The maximum absolute atomic E-state index is 6.02. The van der Waals surface area contributed by atoms with Crippen LogP contribution in [0.15, 0.2) is 146 Å². The van der Waals surface area contributed by atoms with E-state index in [2.05, 4.69) is 115 Å². The van der Waals surface area contributed by atoms with Gasteiger partial charge in [0.25, 0.3) is 0 Å². The van der Waals surface area contributed by atoms with Gasteiger partial charge in [-0.1, -0.05) is 84.9 Å². The predicted molar refractivity (Wildman–Crippen MR) is 167 cm³/mol. The lowest BCUT2D eigenvalue weighted by atomic mass is 10.2. The average Bonchev–Trinajstić information content (AvgIpc) is 3.02. The molecule has 2 nitrogen and oxygen atoms in total. The SMILES string of the molecule is c1ccc(OCCCCOc2ccc(CC[P+](c3ccccc3)(c3ccccc3)c3ccccc3)cc2)cc1. The predicted octanol–water partition coefficient (Wildman–Crippen LogP) is 7.46. The van der Waals surface area contributed by atoms with E-state index in [9.17, 15) is 0 Å². The standard InChI is InChI=1S/C36H36O2P/c1-5-15-32(16-6-1)37-28-13-14-29-38-33-25-23-31(24-26-33)27-30-39(34-17-7-2-8-18-34,35-19-9-3-10-20-35)36-21-11-4-12-22-36/h1-12,15-26H,13-14,27-30H2/q+1. The van der Waals surface area contributed by atoms with Crippen molar-refractivity contribution in [3.05, 3.63) is 151 Å². The third kappa shape index (κ3) is 6.96. The van der Waals surface area contributed by atoms with Crippen LogP contribution in [0.4, 0.5) is 0 Å². The van der Waals surface area contributed by atoms with Crippen molar-refractivity contribution in [2.24, 2.45) is 0 Å². The molecule has 0 saturated carbocycles. The molecule has 0 aliphatic rings.